The molecule has 0 N–H and O–H groups in total. The van der Waals surface area contributed by atoms with Crippen LogP contribution in [0.3, 0.4) is 0 Å². The lowest BCUT2D eigenvalue weighted by molar-refractivity contribution is -0.151. The first-order valence-electron chi connectivity index (χ1n) is 11.5. The molecule has 0 atom stereocenters. The first-order chi connectivity index (χ1) is 16.6. The Morgan fingerprint density at radius 2 is 1.91 bits per heavy atom. The fraction of sp³-hybridized carbons (Fsp3) is 0.417. The van der Waals surface area contributed by atoms with Gasteiger partial charge in [0.2, 0.25) is 5.91 Å². The van der Waals surface area contributed by atoms with Crippen LogP contribution in [-0.4, -0.2) is 56.9 Å². The van der Waals surface area contributed by atoms with Gasteiger partial charge >= 0.3 is 0 Å². The fourth-order valence-corrected chi connectivity index (χ4v) is 5.20. The third-order valence-corrected chi connectivity index (χ3v) is 7.16. The monoisotopic (exact) mass is 482 g/mol. The van der Waals surface area contributed by atoms with Crippen molar-refractivity contribution in [2.45, 2.75) is 31.8 Å². The van der Waals surface area contributed by atoms with E-state index in [4.69, 9.17) is 16.3 Å². The summed E-state index contributed by atoms with van der Waals surface area (Å²) in [6.07, 6.45) is 3.01. The molecule has 0 saturated carbocycles. The molecule has 5 heterocycles. The number of rotatable bonds is 3. The van der Waals surface area contributed by atoms with Gasteiger partial charge in [-0.05, 0) is 48.7 Å². The van der Waals surface area contributed by atoms with Gasteiger partial charge in [-0.2, -0.15) is 0 Å². The van der Waals surface area contributed by atoms with E-state index in [1.807, 2.05) is 23.1 Å². The number of carbonyl (C=O) groups is 1. The van der Waals surface area contributed by atoms with Crippen LogP contribution in [0.4, 0.5) is 10.2 Å². The van der Waals surface area contributed by atoms with E-state index in [-0.39, 0.29) is 23.6 Å². The lowest BCUT2D eigenvalue weighted by Crippen LogP contribution is -2.44. The molecule has 0 spiro atoms. The Morgan fingerprint density at radius 1 is 1.09 bits per heavy atom. The highest BCUT2D eigenvalue weighted by atomic mass is 35.5. The van der Waals surface area contributed by atoms with E-state index in [0.29, 0.717) is 31.3 Å². The zero-order valence-electron chi connectivity index (χ0n) is 18.5. The average Bonchev–Trinajstić information content (AvgIpc) is 3.14. The van der Waals surface area contributed by atoms with Gasteiger partial charge in [0.1, 0.15) is 17.5 Å². The van der Waals surface area contributed by atoms with E-state index < -0.39 is 0 Å². The van der Waals surface area contributed by atoms with Gasteiger partial charge in [0.15, 0.2) is 5.82 Å². The van der Waals surface area contributed by atoms with Crippen molar-refractivity contribution in [3.63, 3.8) is 0 Å². The minimum absolute atomic E-state index is 0.0790. The van der Waals surface area contributed by atoms with Gasteiger partial charge in [0.25, 0.3) is 0 Å². The molecule has 176 valence electrons. The van der Waals surface area contributed by atoms with Crippen molar-refractivity contribution < 1.29 is 13.9 Å². The highest BCUT2D eigenvalue weighted by Gasteiger charge is 2.35. The first-order valence-corrected chi connectivity index (χ1v) is 11.9. The zero-order chi connectivity index (χ0) is 23.2. The van der Waals surface area contributed by atoms with Crippen LogP contribution in [0.1, 0.15) is 36.0 Å². The Morgan fingerprint density at radius 3 is 2.62 bits per heavy atom. The second-order valence-electron chi connectivity index (χ2n) is 9.11. The predicted octanol–water partition coefficient (Wildman–Crippen LogP) is 3.33. The second kappa shape index (κ2) is 8.63. The SMILES string of the molecule is O=C(C1COC1)N1Cc2cc(Cl)ccc2-n2c(nnc2C2CCN(c3ccc(F)cn3)CC2)C1. The number of halogens is 2. The number of carbonyl (C=O) groups excluding carboxylic acids is 1. The molecule has 8 nitrogen and oxygen atoms in total. The Kier molecular flexibility index (Phi) is 5.45. The molecule has 6 rings (SSSR count). The summed E-state index contributed by atoms with van der Waals surface area (Å²) in [6, 6.07) is 8.95. The van der Waals surface area contributed by atoms with Crippen molar-refractivity contribution in [2.24, 2.45) is 5.92 Å². The number of benzene rings is 1. The smallest absolute Gasteiger partial charge is 0.231 e. The summed E-state index contributed by atoms with van der Waals surface area (Å²) in [5.41, 5.74) is 1.95. The average molecular weight is 483 g/mol. The minimum Gasteiger partial charge on any atom is -0.380 e. The van der Waals surface area contributed by atoms with Crippen LogP contribution >= 0.6 is 11.6 Å². The molecular weight excluding hydrogens is 459 g/mol. The summed E-state index contributed by atoms with van der Waals surface area (Å²) in [5, 5.41) is 9.76. The minimum atomic E-state index is -0.332. The van der Waals surface area contributed by atoms with Crippen molar-refractivity contribution in [3.8, 4) is 5.69 Å². The van der Waals surface area contributed by atoms with Crippen LogP contribution in [0.2, 0.25) is 5.02 Å². The molecule has 1 amide bonds. The second-order valence-corrected chi connectivity index (χ2v) is 9.54. The van der Waals surface area contributed by atoms with Crippen LogP contribution in [-0.2, 0) is 22.6 Å². The molecule has 0 unspecified atom stereocenters. The largest absolute Gasteiger partial charge is 0.380 e. The standard InChI is InChI=1S/C24H24ClFN6O2/c25-18-1-3-20-16(9-18)11-31(24(33)17-13-34-14-17)12-22-28-29-23(32(20)22)15-5-7-30(8-6-15)21-4-2-19(26)10-27-21/h1-4,9-10,15,17H,5-8,11-14H2. The van der Waals surface area contributed by atoms with Crippen LogP contribution < -0.4 is 4.90 Å². The van der Waals surface area contributed by atoms with Gasteiger partial charge in [0, 0.05) is 30.6 Å². The van der Waals surface area contributed by atoms with Crippen molar-refractivity contribution in [2.75, 3.05) is 31.2 Å². The van der Waals surface area contributed by atoms with Crippen LogP contribution in [0, 0.1) is 11.7 Å². The molecule has 0 radical (unpaired) electrons. The molecular formula is C24H24ClFN6O2. The topological polar surface area (TPSA) is 76.4 Å². The number of piperidine rings is 1. The molecule has 3 aliphatic heterocycles. The lowest BCUT2D eigenvalue weighted by atomic mass is 9.95. The molecule has 10 heteroatoms. The van der Waals surface area contributed by atoms with Crippen molar-refractivity contribution >= 4 is 23.3 Å². The summed E-state index contributed by atoms with van der Waals surface area (Å²) in [6.45, 7) is 3.40. The maximum atomic E-state index is 13.2. The van der Waals surface area contributed by atoms with Crippen molar-refractivity contribution in [1.82, 2.24) is 24.6 Å². The Bertz CT molecular complexity index is 1220. The summed E-state index contributed by atoms with van der Waals surface area (Å²) >= 11 is 6.33. The number of ether oxygens (including phenoxy) is 1. The van der Waals surface area contributed by atoms with Crippen LogP contribution in [0.15, 0.2) is 36.5 Å². The lowest BCUT2D eigenvalue weighted by Gasteiger charge is -2.32. The fourth-order valence-electron chi connectivity index (χ4n) is 5.00. The van der Waals surface area contributed by atoms with E-state index in [0.717, 1.165) is 54.6 Å². The van der Waals surface area contributed by atoms with Gasteiger partial charge in [-0.3, -0.25) is 9.36 Å². The third-order valence-electron chi connectivity index (χ3n) is 6.93. The summed E-state index contributed by atoms with van der Waals surface area (Å²) < 4.78 is 20.6. The highest BCUT2D eigenvalue weighted by Crippen LogP contribution is 2.34. The van der Waals surface area contributed by atoms with Crippen molar-refractivity contribution in [3.05, 3.63) is 64.6 Å². The molecule has 3 aromatic rings. The Balaban J connectivity index is 1.29. The number of aromatic nitrogens is 4. The summed E-state index contributed by atoms with van der Waals surface area (Å²) in [4.78, 5) is 21.3. The summed E-state index contributed by atoms with van der Waals surface area (Å²) in [5.74, 6) is 2.31. The van der Waals surface area contributed by atoms with Gasteiger partial charge in [-0.1, -0.05) is 11.6 Å². The Hall–Kier alpha value is -3.04. The normalized spacial score (nSPS) is 18.8. The molecule has 0 aliphatic carbocycles. The van der Waals surface area contributed by atoms with E-state index in [1.165, 1.54) is 12.3 Å². The molecule has 0 bridgehead atoms. The van der Waals surface area contributed by atoms with E-state index in [2.05, 4.69) is 24.6 Å². The van der Waals surface area contributed by atoms with E-state index >= 15 is 0 Å². The number of pyridine rings is 1. The number of amides is 1. The number of hydrogen-bond acceptors (Lipinski definition) is 6. The molecule has 2 fully saturated rings. The molecule has 2 saturated heterocycles. The molecule has 1 aromatic carbocycles. The maximum Gasteiger partial charge on any atom is 0.231 e. The number of hydrogen-bond donors (Lipinski definition) is 0. The highest BCUT2D eigenvalue weighted by molar-refractivity contribution is 6.30. The van der Waals surface area contributed by atoms with Gasteiger partial charge in [0.05, 0.1) is 37.6 Å². The predicted molar refractivity (Wildman–Crippen MR) is 123 cm³/mol. The number of nitrogens with zero attached hydrogens (tertiary/aromatic N) is 6. The third kappa shape index (κ3) is 3.82. The van der Waals surface area contributed by atoms with Crippen LogP contribution in [0.25, 0.3) is 5.69 Å². The molecule has 2 aromatic heterocycles. The maximum absolute atomic E-state index is 13.2. The number of anilines is 1. The summed E-state index contributed by atoms with van der Waals surface area (Å²) in [7, 11) is 0. The van der Waals surface area contributed by atoms with Gasteiger partial charge in [-0.15, -0.1) is 10.2 Å². The van der Waals surface area contributed by atoms with E-state index in [9.17, 15) is 9.18 Å². The molecule has 3 aliphatic rings. The van der Waals surface area contributed by atoms with Crippen molar-refractivity contribution in [1.29, 1.82) is 0 Å². The first kappa shape index (κ1) is 21.5. The quantitative estimate of drug-likeness (QED) is 0.570. The zero-order valence-corrected chi connectivity index (χ0v) is 19.3. The number of fused-ring (bicyclic) bond motifs is 3. The Labute approximate surface area is 201 Å². The molecule has 34 heavy (non-hydrogen) atoms. The van der Waals surface area contributed by atoms with Gasteiger partial charge in [-0.25, -0.2) is 9.37 Å². The van der Waals surface area contributed by atoms with E-state index in [1.54, 1.807) is 6.07 Å². The van der Waals surface area contributed by atoms with Gasteiger partial charge < -0.3 is 14.5 Å². The van der Waals surface area contributed by atoms with Crippen LogP contribution in [0.5, 0.6) is 0 Å².